The summed E-state index contributed by atoms with van der Waals surface area (Å²) >= 11 is 4.53. The van der Waals surface area contributed by atoms with E-state index in [-0.39, 0.29) is 17.3 Å². The molecule has 0 radical (unpaired) electrons. The Kier molecular flexibility index (Phi) is 10.8. The largest absolute Gasteiger partial charge is 0.322 e. The Bertz CT molecular complexity index is 1880. The first kappa shape index (κ1) is 32.4. The Morgan fingerprint density at radius 1 is 0.783 bits per heavy atom. The van der Waals surface area contributed by atoms with Gasteiger partial charge in [0.2, 0.25) is 5.91 Å². The van der Waals surface area contributed by atoms with E-state index in [1.54, 1.807) is 60.7 Å². The van der Waals surface area contributed by atoms with Crippen LogP contribution in [0.5, 0.6) is 0 Å². The monoisotopic (exact) mass is 693 g/mol. The van der Waals surface area contributed by atoms with Crippen LogP contribution in [-0.2, 0) is 9.59 Å². The molecule has 230 valence electrons. The van der Waals surface area contributed by atoms with Crippen LogP contribution in [0.25, 0.3) is 6.08 Å². The van der Waals surface area contributed by atoms with Crippen molar-refractivity contribution >= 4 is 62.9 Å². The van der Waals surface area contributed by atoms with Crippen LogP contribution in [0.4, 0.5) is 15.8 Å². The van der Waals surface area contributed by atoms with Crippen molar-refractivity contribution in [3.8, 4) is 0 Å². The van der Waals surface area contributed by atoms with Crippen molar-refractivity contribution in [1.82, 2.24) is 5.32 Å². The van der Waals surface area contributed by atoms with E-state index in [1.807, 2.05) is 67.6 Å². The molecule has 9 heteroatoms. The maximum atomic E-state index is 14.5. The van der Waals surface area contributed by atoms with E-state index < -0.39 is 22.9 Å². The summed E-state index contributed by atoms with van der Waals surface area (Å²) in [5.41, 5.74) is 3.58. The van der Waals surface area contributed by atoms with E-state index in [1.165, 1.54) is 23.9 Å². The molecular formula is C37H29BrFN3O3S. The Balaban J connectivity index is 1.33. The maximum absolute atomic E-state index is 14.5. The second kappa shape index (κ2) is 15.3. The van der Waals surface area contributed by atoms with Crippen molar-refractivity contribution in [2.24, 2.45) is 0 Å². The van der Waals surface area contributed by atoms with Gasteiger partial charge in [-0.3, -0.25) is 14.4 Å². The molecule has 0 heterocycles. The summed E-state index contributed by atoms with van der Waals surface area (Å²) in [7, 11) is 0. The van der Waals surface area contributed by atoms with Crippen LogP contribution in [-0.4, -0.2) is 17.7 Å². The molecule has 46 heavy (non-hydrogen) atoms. The first-order chi connectivity index (χ1) is 22.3. The number of halogens is 2. The number of benzene rings is 5. The molecule has 0 aliphatic carbocycles. The molecule has 5 aromatic carbocycles. The third-order valence-corrected chi connectivity index (χ3v) is 8.67. The van der Waals surface area contributed by atoms with E-state index >= 15 is 0 Å². The van der Waals surface area contributed by atoms with E-state index in [2.05, 4.69) is 31.9 Å². The second-order valence-corrected chi connectivity index (χ2v) is 12.3. The van der Waals surface area contributed by atoms with E-state index in [0.29, 0.717) is 15.7 Å². The minimum Gasteiger partial charge on any atom is -0.322 e. The number of hydrogen-bond acceptors (Lipinski definition) is 4. The van der Waals surface area contributed by atoms with Gasteiger partial charge in [0.05, 0.1) is 5.69 Å². The topological polar surface area (TPSA) is 87.3 Å². The highest BCUT2D eigenvalue weighted by Crippen LogP contribution is 2.37. The van der Waals surface area contributed by atoms with Crippen molar-refractivity contribution in [2.45, 2.75) is 17.1 Å². The molecule has 0 aromatic heterocycles. The molecule has 0 saturated carbocycles. The lowest BCUT2D eigenvalue weighted by Gasteiger charge is -2.18. The Morgan fingerprint density at radius 3 is 2.11 bits per heavy atom. The summed E-state index contributed by atoms with van der Waals surface area (Å²) in [5, 5.41) is 7.64. The van der Waals surface area contributed by atoms with Gasteiger partial charge >= 0.3 is 0 Å². The summed E-state index contributed by atoms with van der Waals surface area (Å²) in [6.45, 7) is 1.93. The highest BCUT2D eigenvalue weighted by Gasteiger charge is 2.23. The van der Waals surface area contributed by atoms with Crippen molar-refractivity contribution in [2.75, 3.05) is 10.6 Å². The number of hydrogen-bond donors (Lipinski definition) is 3. The fourth-order valence-corrected chi connectivity index (χ4v) is 5.85. The molecule has 3 N–H and O–H groups in total. The maximum Gasteiger partial charge on any atom is 0.272 e. The van der Waals surface area contributed by atoms with Gasteiger partial charge in [-0.05, 0) is 84.3 Å². The summed E-state index contributed by atoms with van der Waals surface area (Å²) in [6.07, 6.45) is 1.65. The van der Waals surface area contributed by atoms with Crippen LogP contribution in [0.15, 0.2) is 142 Å². The van der Waals surface area contributed by atoms with Gasteiger partial charge in [0.1, 0.15) is 16.8 Å². The first-order valence-corrected chi connectivity index (χ1v) is 16.0. The number of nitrogens with one attached hydrogen (secondary N) is 3. The Morgan fingerprint density at radius 2 is 1.43 bits per heavy atom. The van der Waals surface area contributed by atoms with Crippen LogP contribution in [0, 0.1) is 12.7 Å². The molecule has 3 amide bonds. The molecular weight excluding hydrogens is 665 g/mol. The highest BCUT2D eigenvalue weighted by atomic mass is 79.9. The molecule has 0 aliphatic heterocycles. The van der Waals surface area contributed by atoms with E-state index in [4.69, 9.17) is 0 Å². The van der Waals surface area contributed by atoms with Gasteiger partial charge in [-0.15, -0.1) is 11.8 Å². The lowest BCUT2D eigenvalue weighted by atomic mass is 10.1. The number of carbonyl (C=O) groups is 3. The molecule has 5 rings (SSSR count). The van der Waals surface area contributed by atoms with Crippen LogP contribution in [0.1, 0.15) is 32.3 Å². The molecule has 0 bridgehead atoms. The van der Waals surface area contributed by atoms with Gasteiger partial charge in [-0.2, -0.15) is 0 Å². The Labute approximate surface area is 279 Å². The van der Waals surface area contributed by atoms with Gasteiger partial charge in [0.15, 0.2) is 0 Å². The van der Waals surface area contributed by atoms with Gasteiger partial charge in [-0.1, -0.05) is 88.7 Å². The van der Waals surface area contributed by atoms with Gasteiger partial charge in [0.25, 0.3) is 11.8 Å². The zero-order valence-corrected chi connectivity index (χ0v) is 27.1. The fourth-order valence-electron chi connectivity index (χ4n) is 4.49. The van der Waals surface area contributed by atoms with Crippen LogP contribution in [0.3, 0.4) is 0 Å². The van der Waals surface area contributed by atoms with Crippen LogP contribution in [0.2, 0.25) is 0 Å². The molecule has 0 fully saturated rings. The molecule has 0 aliphatic rings. The summed E-state index contributed by atoms with van der Waals surface area (Å²) in [5.74, 6) is -1.83. The van der Waals surface area contributed by atoms with Crippen molar-refractivity contribution in [3.63, 3.8) is 0 Å². The quantitative estimate of drug-likeness (QED) is 0.101. The predicted octanol–water partition coefficient (Wildman–Crippen LogP) is 8.78. The average molecular weight is 695 g/mol. The number of rotatable bonds is 10. The minimum atomic E-state index is -0.679. The Hall–Kier alpha value is -4.99. The van der Waals surface area contributed by atoms with E-state index in [0.717, 1.165) is 21.6 Å². The van der Waals surface area contributed by atoms with Gasteiger partial charge in [-0.25, -0.2) is 4.39 Å². The normalized spacial score (nSPS) is 11.8. The molecule has 5 aromatic rings. The zero-order valence-electron chi connectivity index (χ0n) is 24.7. The van der Waals surface area contributed by atoms with E-state index in [9.17, 15) is 18.8 Å². The SMILES string of the molecule is Cc1ccccc1/C=C(\NC(=O)c1ccccc1)C(=O)Nc1ccc(SC(C(=O)Nc2ccc(Br)cc2F)c2ccccc2)cc1. The molecule has 1 atom stereocenters. The molecule has 0 saturated heterocycles. The fraction of sp³-hybridized carbons (Fsp3) is 0.0541. The lowest BCUT2D eigenvalue weighted by Crippen LogP contribution is -2.30. The number of aryl methyl sites for hydroxylation is 1. The lowest BCUT2D eigenvalue weighted by molar-refractivity contribution is -0.116. The highest BCUT2D eigenvalue weighted by molar-refractivity contribution is 9.10. The number of thioether (sulfide) groups is 1. The zero-order chi connectivity index (χ0) is 32.5. The number of carbonyl (C=O) groups excluding carboxylic acids is 3. The van der Waals surface area contributed by atoms with Gasteiger partial charge in [0, 0.05) is 20.6 Å². The number of amides is 3. The first-order valence-electron chi connectivity index (χ1n) is 14.3. The summed E-state index contributed by atoms with van der Waals surface area (Å²) in [4.78, 5) is 40.6. The molecule has 1 unspecified atom stereocenters. The van der Waals surface area contributed by atoms with Crippen LogP contribution < -0.4 is 16.0 Å². The minimum absolute atomic E-state index is 0.0849. The summed E-state index contributed by atoms with van der Waals surface area (Å²) < 4.78 is 15.1. The van der Waals surface area contributed by atoms with Crippen LogP contribution >= 0.6 is 27.7 Å². The van der Waals surface area contributed by atoms with Crippen molar-refractivity contribution in [3.05, 3.63) is 166 Å². The third kappa shape index (κ3) is 8.59. The summed E-state index contributed by atoms with van der Waals surface area (Å²) in [6, 6.07) is 36.9. The number of anilines is 2. The second-order valence-electron chi connectivity index (χ2n) is 10.2. The molecule has 6 nitrogen and oxygen atoms in total. The smallest absolute Gasteiger partial charge is 0.272 e. The third-order valence-electron chi connectivity index (χ3n) is 6.91. The molecule has 0 spiro atoms. The average Bonchev–Trinajstić information content (AvgIpc) is 3.07. The van der Waals surface area contributed by atoms with Gasteiger partial charge < -0.3 is 16.0 Å². The predicted molar refractivity (Wildman–Crippen MR) is 186 cm³/mol. The standard InChI is InChI=1S/C37H29BrFN3O3S/c1-24-10-8-9-15-27(24)22-33(42-35(43)26-13-6-3-7-14-26)36(44)40-29-17-19-30(20-18-29)46-34(25-11-4-2-5-12-25)37(45)41-32-21-16-28(38)23-31(32)39/h2-23,34H,1H3,(H,40,44)(H,41,45)(H,42,43)/b33-22-. The van der Waals surface area contributed by atoms with Crippen molar-refractivity contribution < 1.29 is 18.8 Å². The van der Waals surface area contributed by atoms with Crippen molar-refractivity contribution in [1.29, 1.82) is 0 Å².